The quantitative estimate of drug-likeness (QED) is 0.0320. The molecule has 0 spiro atoms. The Kier molecular flexibility index (Phi) is 70.4. The van der Waals surface area contributed by atoms with Crippen molar-refractivity contribution < 1.29 is 24.5 Å². The van der Waals surface area contributed by atoms with Crippen molar-refractivity contribution >= 4 is 11.9 Å². The van der Waals surface area contributed by atoms with Crippen LogP contribution in [-0.4, -0.2) is 47.4 Å². The van der Waals surface area contributed by atoms with E-state index in [2.05, 4.69) is 43.5 Å². The second-order valence-corrected chi connectivity index (χ2v) is 26.0. The van der Waals surface area contributed by atoms with E-state index in [0.29, 0.717) is 25.9 Å². The molecule has 3 N–H and O–H groups in total. The van der Waals surface area contributed by atoms with E-state index in [4.69, 9.17) is 4.74 Å². The average Bonchev–Trinajstić information content (AvgIpc) is 3.48. The van der Waals surface area contributed by atoms with Crippen LogP contribution in [0, 0.1) is 0 Å². The highest BCUT2D eigenvalue weighted by molar-refractivity contribution is 5.76. The van der Waals surface area contributed by atoms with E-state index in [-0.39, 0.29) is 18.5 Å². The van der Waals surface area contributed by atoms with Crippen LogP contribution in [0.3, 0.4) is 0 Å². The van der Waals surface area contributed by atoms with E-state index in [1.54, 1.807) is 0 Å². The fraction of sp³-hybridized carbons (Fsp3) is 0.921. The van der Waals surface area contributed by atoms with Gasteiger partial charge in [-0.15, -0.1) is 0 Å². The van der Waals surface area contributed by atoms with Crippen molar-refractivity contribution in [3.63, 3.8) is 0 Å². The molecule has 82 heavy (non-hydrogen) atoms. The van der Waals surface area contributed by atoms with Crippen LogP contribution in [0.1, 0.15) is 425 Å². The predicted molar refractivity (Wildman–Crippen MR) is 361 cm³/mol. The lowest BCUT2D eigenvalue weighted by Crippen LogP contribution is -2.45. The van der Waals surface area contributed by atoms with Crippen molar-refractivity contribution in [2.24, 2.45) is 0 Å². The third kappa shape index (κ3) is 67.5. The molecule has 6 heteroatoms. The van der Waals surface area contributed by atoms with Crippen molar-refractivity contribution in [3.05, 3.63) is 24.3 Å². The molecule has 0 bridgehead atoms. The molecule has 0 rings (SSSR count). The molecular formula is C76H147NO5. The Morgan fingerprint density at radius 1 is 0.329 bits per heavy atom. The van der Waals surface area contributed by atoms with E-state index in [9.17, 15) is 19.8 Å². The number of aliphatic hydroxyl groups is 2. The predicted octanol–water partition coefficient (Wildman–Crippen LogP) is 24.5. The summed E-state index contributed by atoms with van der Waals surface area (Å²) in [4.78, 5) is 24.6. The number of aliphatic hydroxyl groups excluding tert-OH is 2. The number of carbonyl (C=O) groups is 2. The Labute approximate surface area is 513 Å². The van der Waals surface area contributed by atoms with Crippen molar-refractivity contribution in [1.82, 2.24) is 5.32 Å². The Morgan fingerprint density at radius 2 is 0.585 bits per heavy atom. The molecular weight excluding hydrogens is 1010 g/mol. The first-order chi connectivity index (χ1) is 40.5. The number of amides is 1. The zero-order valence-corrected chi connectivity index (χ0v) is 55.8. The van der Waals surface area contributed by atoms with Gasteiger partial charge in [-0.3, -0.25) is 9.59 Å². The summed E-state index contributed by atoms with van der Waals surface area (Å²) in [5.41, 5.74) is 0. The van der Waals surface area contributed by atoms with Crippen LogP contribution in [0.4, 0.5) is 0 Å². The van der Waals surface area contributed by atoms with E-state index in [0.717, 1.165) is 44.9 Å². The molecule has 0 aromatic carbocycles. The minimum absolute atomic E-state index is 0.00728. The van der Waals surface area contributed by atoms with Crippen molar-refractivity contribution in [1.29, 1.82) is 0 Å². The highest BCUT2D eigenvalue weighted by Crippen LogP contribution is 2.19. The molecule has 0 aliphatic rings. The number of carbonyl (C=O) groups excluding carboxylic acids is 2. The van der Waals surface area contributed by atoms with Crippen LogP contribution in [0.15, 0.2) is 24.3 Å². The summed E-state index contributed by atoms with van der Waals surface area (Å²) in [6.07, 6.45) is 91.1. The van der Waals surface area contributed by atoms with Gasteiger partial charge in [0.25, 0.3) is 0 Å². The minimum Gasteiger partial charge on any atom is -0.466 e. The van der Waals surface area contributed by atoms with Gasteiger partial charge in [-0.05, 0) is 70.6 Å². The number of hydrogen-bond acceptors (Lipinski definition) is 5. The van der Waals surface area contributed by atoms with Gasteiger partial charge < -0.3 is 20.3 Å². The fourth-order valence-corrected chi connectivity index (χ4v) is 12.0. The number of allylic oxidation sites excluding steroid dienone is 4. The van der Waals surface area contributed by atoms with E-state index in [1.165, 1.54) is 347 Å². The van der Waals surface area contributed by atoms with Crippen LogP contribution in [0.25, 0.3) is 0 Å². The molecule has 0 heterocycles. The van der Waals surface area contributed by atoms with Crippen LogP contribution >= 0.6 is 0 Å². The second kappa shape index (κ2) is 71.8. The second-order valence-electron chi connectivity index (χ2n) is 26.0. The first-order valence-corrected chi connectivity index (χ1v) is 37.6. The van der Waals surface area contributed by atoms with Gasteiger partial charge >= 0.3 is 5.97 Å². The Morgan fingerprint density at radius 3 is 0.902 bits per heavy atom. The Balaban J connectivity index is 3.37. The van der Waals surface area contributed by atoms with E-state index >= 15 is 0 Å². The first kappa shape index (κ1) is 80.3. The van der Waals surface area contributed by atoms with Gasteiger partial charge in [-0.25, -0.2) is 0 Å². The summed E-state index contributed by atoms with van der Waals surface area (Å²) in [5, 5.41) is 23.5. The molecule has 0 aliphatic carbocycles. The number of ether oxygens (including phenoxy) is 1. The average molecular weight is 1160 g/mol. The zero-order chi connectivity index (χ0) is 59.2. The first-order valence-electron chi connectivity index (χ1n) is 37.6. The third-order valence-electron chi connectivity index (χ3n) is 17.7. The third-order valence-corrected chi connectivity index (χ3v) is 17.7. The molecule has 6 nitrogen and oxygen atoms in total. The molecule has 0 aromatic heterocycles. The molecule has 0 saturated heterocycles. The van der Waals surface area contributed by atoms with Crippen LogP contribution < -0.4 is 5.32 Å². The molecule has 0 fully saturated rings. The highest BCUT2D eigenvalue weighted by Gasteiger charge is 2.20. The number of unbranched alkanes of at least 4 members (excludes halogenated alkanes) is 56. The minimum atomic E-state index is -0.664. The number of nitrogens with one attached hydrogen (secondary N) is 1. The smallest absolute Gasteiger partial charge is 0.305 e. The number of esters is 1. The van der Waals surface area contributed by atoms with Crippen LogP contribution in [0.2, 0.25) is 0 Å². The van der Waals surface area contributed by atoms with E-state index < -0.39 is 12.1 Å². The molecule has 0 radical (unpaired) electrons. The Bertz CT molecular complexity index is 1280. The summed E-state index contributed by atoms with van der Waals surface area (Å²) in [6, 6.07) is -0.541. The molecule has 2 atom stereocenters. The lowest BCUT2D eigenvalue weighted by molar-refractivity contribution is -0.143. The van der Waals surface area contributed by atoms with E-state index in [1.807, 2.05) is 0 Å². The van der Waals surface area contributed by atoms with Gasteiger partial charge in [0.05, 0.1) is 25.4 Å². The maximum absolute atomic E-state index is 12.6. The number of hydrogen-bond donors (Lipinski definition) is 3. The summed E-state index contributed by atoms with van der Waals surface area (Å²) in [7, 11) is 0. The topological polar surface area (TPSA) is 95.9 Å². The molecule has 2 unspecified atom stereocenters. The van der Waals surface area contributed by atoms with Crippen molar-refractivity contribution in [2.75, 3.05) is 13.2 Å². The summed E-state index contributed by atoms with van der Waals surface area (Å²) in [5.74, 6) is -0.0203. The summed E-state index contributed by atoms with van der Waals surface area (Å²) < 4.78 is 5.47. The van der Waals surface area contributed by atoms with Gasteiger partial charge in [0, 0.05) is 12.8 Å². The monoisotopic (exact) mass is 1150 g/mol. The largest absolute Gasteiger partial charge is 0.466 e. The molecule has 486 valence electrons. The lowest BCUT2D eigenvalue weighted by Gasteiger charge is -2.22. The standard InChI is InChI=1S/C76H147NO5/c1-3-5-7-9-11-13-15-16-17-18-19-20-30-33-36-39-42-45-49-52-56-60-64-68-74(79)73(72-78)77-75(80)69-65-61-57-53-50-46-43-40-37-34-31-28-26-24-22-21-23-25-27-29-32-35-38-41-44-47-51-55-59-63-67-71-82-76(81)70-66-62-58-54-48-14-12-10-8-6-4-2/h10,12,23,25,73-74,78-79H,3-9,11,13-22,24,26-72H2,1-2H3,(H,77,80)/b12-10-,25-23-. The van der Waals surface area contributed by atoms with Crippen LogP contribution in [0.5, 0.6) is 0 Å². The molecule has 1 amide bonds. The number of rotatable bonds is 71. The molecule has 0 saturated carbocycles. The van der Waals surface area contributed by atoms with Gasteiger partial charge in [0.15, 0.2) is 0 Å². The lowest BCUT2D eigenvalue weighted by atomic mass is 10.0. The van der Waals surface area contributed by atoms with Crippen molar-refractivity contribution in [2.45, 2.75) is 437 Å². The zero-order valence-electron chi connectivity index (χ0n) is 55.8. The summed E-state index contributed by atoms with van der Waals surface area (Å²) in [6.45, 7) is 4.96. The van der Waals surface area contributed by atoms with Gasteiger partial charge in [-0.2, -0.15) is 0 Å². The van der Waals surface area contributed by atoms with Gasteiger partial charge in [-0.1, -0.05) is 366 Å². The summed E-state index contributed by atoms with van der Waals surface area (Å²) >= 11 is 0. The normalized spacial score (nSPS) is 12.6. The van der Waals surface area contributed by atoms with Crippen molar-refractivity contribution in [3.8, 4) is 0 Å². The fourth-order valence-electron chi connectivity index (χ4n) is 12.0. The maximum atomic E-state index is 12.6. The van der Waals surface area contributed by atoms with Crippen LogP contribution in [-0.2, 0) is 14.3 Å². The van der Waals surface area contributed by atoms with Gasteiger partial charge in [0.1, 0.15) is 0 Å². The SMILES string of the molecule is CCCC/C=C\CCCCCCCC(=O)OCCCCCCCCCCCCCC/C=C\CCCCCCCCCCCCCCCCCC(=O)NC(CO)C(O)CCCCCCCCCCCCCCCCCCCCCCCCC. The maximum Gasteiger partial charge on any atom is 0.305 e. The molecule has 0 aromatic rings. The Hall–Kier alpha value is -1.66. The van der Waals surface area contributed by atoms with Gasteiger partial charge in [0.2, 0.25) is 5.91 Å². The highest BCUT2D eigenvalue weighted by atomic mass is 16.5. The molecule has 0 aliphatic heterocycles.